The Morgan fingerprint density at radius 2 is 2.28 bits per heavy atom. The van der Waals surface area contributed by atoms with Crippen LogP contribution in [0.2, 0.25) is 0 Å². The molecule has 0 saturated carbocycles. The maximum absolute atomic E-state index is 12.2. The van der Waals surface area contributed by atoms with E-state index in [2.05, 4.69) is 28.2 Å². The predicted molar refractivity (Wildman–Crippen MR) is 74.9 cm³/mol. The van der Waals surface area contributed by atoms with Crippen LogP contribution in [0.5, 0.6) is 5.75 Å². The topological polar surface area (TPSA) is 38.3 Å². The Hall–Kier alpha value is -0.870. The van der Waals surface area contributed by atoms with E-state index in [1.807, 2.05) is 18.2 Å². The van der Waals surface area contributed by atoms with Crippen molar-refractivity contribution in [1.29, 1.82) is 0 Å². The monoisotopic (exact) mass is 311 g/mol. The lowest BCUT2D eigenvalue weighted by molar-refractivity contribution is -0.122. The van der Waals surface area contributed by atoms with Crippen LogP contribution in [0, 0.1) is 11.8 Å². The number of benzene rings is 1. The number of hydrogen-bond donors (Lipinski definition) is 1. The van der Waals surface area contributed by atoms with Gasteiger partial charge in [-0.15, -0.1) is 0 Å². The lowest BCUT2D eigenvalue weighted by Gasteiger charge is -2.13. The van der Waals surface area contributed by atoms with Gasteiger partial charge in [0.1, 0.15) is 11.5 Å². The highest BCUT2D eigenvalue weighted by Crippen LogP contribution is 2.26. The summed E-state index contributed by atoms with van der Waals surface area (Å²) in [6.45, 7) is 3.90. The number of ether oxygens (including phenoxy) is 1. The van der Waals surface area contributed by atoms with Gasteiger partial charge >= 0.3 is 0 Å². The number of carbonyl (C=O) groups is 1. The Balaban J connectivity index is 2.05. The number of nitrogens with one attached hydrogen (secondary N) is 1. The number of carbonyl (C=O) groups excluding carboxylic acids is 1. The lowest BCUT2D eigenvalue weighted by Crippen LogP contribution is -2.23. The summed E-state index contributed by atoms with van der Waals surface area (Å²) in [6, 6.07) is 5.81. The van der Waals surface area contributed by atoms with Gasteiger partial charge in [-0.2, -0.15) is 0 Å². The van der Waals surface area contributed by atoms with E-state index >= 15 is 0 Å². The maximum atomic E-state index is 12.2. The van der Waals surface area contributed by atoms with Gasteiger partial charge in [-0.1, -0.05) is 13.0 Å². The van der Waals surface area contributed by atoms with Crippen molar-refractivity contribution in [3.05, 3.63) is 28.2 Å². The average Bonchev–Trinajstić information content (AvgIpc) is 2.76. The maximum Gasteiger partial charge on any atom is 0.141 e. The highest BCUT2D eigenvalue weighted by molar-refractivity contribution is 9.10. The zero-order valence-electron chi connectivity index (χ0n) is 10.7. The third-order valence-electron chi connectivity index (χ3n) is 3.53. The molecule has 0 aromatic heterocycles. The molecular formula is C14H18BrNO2. The molecular weight excluding hydrogens is 294 g/mol. The molecule has 0 amide bonds. The zero-order chi connectivity index (χ0) is 13.1. The minimum absolute atomic E-state index is 0.158. The summed E-state index contributed by atoms with van der Waals surface area (Å²) in [7, 11) is 1.64. The van der Waals surface area contributed by atoms with Crippen molar-refractivity contribution in [1.82, 2.24) is 5.32 Å². The molecule has 1 N–H and O–H groups in total. The number of methoxy groups -OCH3 is 1. The van der Waals surface area contributed by atoms with E-state index in [1.54, 1.807) is 7.11 Å². The van der Waals surface area contributed by atoms with Crippen molar-refractivity contribution < 1.29 is 9.53 Å². The molecule has 0 spiro atoms. The van der Waals surface area contributed by atoms with Crippen LogP contribution in [0.15, 0.2) is 22.7 Å². The molecule has 0 bridgehead atoms. The summed E-state index contributed by atoms with van der Waals surface area (Å²) >= 11 is 3.44. The predicted octanol–water partition coefficient (Wildman–Crippen LogP) is 2.42. The molecule has 2 atom stereocenters. The molecule has 1 saturated heterocycles. The van der Waals surface area contributed by atoms with E-state index in [4.69, 9.17) is 4.74 Å². The van der Waals surface area contributed by atoms with Crippen molar-refractivity contribution in [3.63, 3.8) is 0 Å². The molecule has 0 aliphatic carbocycles. The van der Waals surface area contributed by atoms with E-state index < -0.39 is 0 Å². The quantitative estimate of drug-likeness (QED) is 0.928. The summed E-state index contributed by atoms with van der Waals surface area (Å²) in [5, 5.41) is 3.27. The highest BCUT2D eigenvalue weighted by atomic mass is 79.9. The minimum atomic E-state index is 0.158. The van der Waals surface area contributed by atoms with Crippen LogP contribution < -0.4 is 10.1 Å². The highest BCUT2D eigenvalue weighted by Gasteiger charge is 2.29. The van der Waals surface area contributed by atoms with Gasteiger partial charge < -0.3 is 10.1 Å². The third kappa shape index (κ3) is 2.93. The molecule has 1 aromatic rings. The van der Waals surface area contributed by atoms with E-state index in [0.717, 1.165) is 28.9 Å². The summed E-state index contributed by atoms with van der Waals surface area (Å²) in [6.07, 6.45) is 0.499. The number of hydrogen-bond acceptors (Lipinski definition) is 3. The third-order valence-corrected chi connectivity index (χ3v) is 4.15. The fraction of sp³-hybridized carbons (Fsp3) is 0.500. The Morgan fingerprint density at radius 3 is 2.83 bits per heavy atom. The first-order chi connectivity index (χ1) is 8.61. The molecule has 1 heterocycles. The van der Waals surface area contributed by atoms with Crippen LogP contribution in [0.4, 0.5) is 0 Å². The second kappa shape index (κ2) is 5.85. The van der Waals surface area contributed by atoms with Crippen molar-refractivity contribution in [2.45, 2.75) is 13.3 Å². The van der Waals surface area contributed by atoms with Gasteiger partial charge in [0, 0.05) is 18.9 Å². The molecule has 1 fully saturated rings. The molecule has 2 rings (SSSR count). The van der Waals surface area contributed by atoms with Crippen LogP contribution >= 0.6 is 15.9 Å². The minimum Gasteiger partial charge on any atom is -0.496 e. The van der Waals surface area contributed by atoms with E-state index in [1.165, 1.54) is 0 Å². The number of ketones is 1. The zero-order valence-corrected chi connectivity index (χ0v) is 12.3. The molecule has 98 valence electrons. The second-order valence-corrected chi connectivity index (χ2v) is 5.71. The molecule has 3 nitrogen and oxygen atoms in total. The Bertz CT molecular complexity index is 447. The van der Waals surface area contributed by atoms with Gasteiger partial charge in [0.2, 0.25) is 0 Å². The summed E-state index contributed by atoms with van der Waals surface area (Å²) in [5.41, 5.74) is 1.03. The first-order valence-corrected chi connectivity index (χ1v) is 6.97. The average molecular weight is 312 g/mol. The standard InChI is InChI=1S/C14H18BrNO2/c1-9-7-16-8-11(9)13(17)6-10-3-4-14(18-2)12(15)5-10/h3-5,9,11,16H,6-8H2,1-2H3. The van der Waals surface area contributed by atoms with Gasteiger partial charge in [0.05, 0.1) is 11.6 Å². The second-order valence-electron chi connectivity index (χ2n) is 4.85. The normalized spacial score (nSPS) is 23.1. The van der Waals surface area contributed by atoms with Crippen LogP contribution in [0.1, 0.15) is 12.5 Å². The van der Waals surface area contributed by atoms with Gasteiger partial charge in [-0.05, 0) is 46.1 Å². The van der Waals surface area contributed by atoms with E-state index in [-0.39, 0.29) is 5.92 Å². The summed E-state index contributed by atoms with van der Waals surface area (Å²) in [5.74, 6) is 1.72. The SMILES string of the molecule is COc1ccc(CC(=O)C2CNCC2C)cc1Br. The van der Waals surface area contributed by atoms with Crippen LogP contribution in [-0.4, -0.2) is 26.0 Å². The van der Waals surface area contributed by atoms with Crippen molar-refractivity contribution in [2.24, 2.45) is 11.8 Å². The van der Waals surface area contributed by atoms with Crippen molar-refractivity contribution >= 4 is 21.7 Å². The van der Waals surface area contributed by atoms with Crippen LogP contribution in [0.25, 0.3) is 0 Å². The van der Waals surface area contributed by atoms with Crippen LogP contribution in [-0.2, 0) is 11.2 Å². The number of Topliss-reactive ketones (excluding diaryl/α,β-unsaturated/α-hetero) is 1. The Kier molecular flexibility index (Phi) is 4.40. The van der Waals surface area contributed by atoms with Gasteiger partial charge in [0.25, 0.3) is 0 Å². The summed E-state index contributed by atoms with van der Waals surface area (Å²) < 4.78 is 6.08. The largest absolute Gasteiger partial charge is 0.496 e. The Morgan fingerprint density at radius 1 is 1.50 bits per heavy atom. The van der Waals surface area contributed by atoms with Crippen molar-refractivity contribution in [2.75, 3.05) is 20.2 Å². The molecule has 4 heteroatoms. The molecule has 1 aliphatic rings. The first kappa shape index (κ1) is 13.6. The molecule has 18 heavy (non-hydrogen) atoms. The molecule has 2 unspecified atom stereocenters. The number of halogens is 1. The Labute approximate surface area is 116 Å². The van der Waals surface area contributed by atoms with Crippen LogP contribution in [0.3, 0.4) is 0 Å². The van der Waals surface area contributed by atoms with E-state index in [0.29, 0.717) is 18.1 Å². The fourth-order valence-corrected chi connectivity index (χ4v) is 2.98. The molecule has 0 radical (unpaired) electrons. The smallest absolute Gasteiger partial charge is 0.141 e. The summed E-state index contributed by atoms with van der Waals surface area (Å²) in [4.78, 5) is 12.2. The van der Waals surface area contributed by atoms with Crippen molar-refractivity contribution in [3.8, 4) is 5.75 Å². The van der Waals surface area contributed by atoms with Gasteiger partial charge in [0.15, 0.2) is 0 Å². The lowest BCUT2D eigenvalue weighted by atomic mass is 9.90. The first-order valence-electron chi connectivity index (χ1n) is 6.17. The van der Waals surface area contributed by atoms with E-state index in [9.17, 15) is 4.79 Å². The fourth-order valence-electron chi connectivity index (χ4n) is 2.39. The molecule has 1 aromatic carbocycles. The van der Waals surface area contributed by atoms with Gasteiger partial charge in [-0.25, -0.2) is 0 Å². The molecule has 1 aliphatic heterocycles. The van der Waals surface area contributed by atoms with Gasteiger partial charge in [-0.3, -0.25) is 4.79 Å². The number of rotatable bonds is 4.